The van der Waals surface area contributed by atoms with E-state index in [1.165, 1.54) is 0 Å². The smallest absolute Gasteiger partial charge is 0.405 e. The van der Waals surface area contributed by atoms with E-state index in [9.17, 15) is 26.4 Å². The lowest BCUT2D eigenvalue weighted by atomic mass is 10.6. The lowest BCUT2D eigenvalue weighted by Gasteiger charge is -2.07. The van der Waals surface area contributed by atoms with Crippen molar-refractivity contribution >= 4 is 16.1 Å². The Balaban J connectivity index is 3.93. The largest absolute Gasteiger partial charge is 0.460 e. The first kappa shape index (κ1) is 14.9. The topological polar surface area (TPSA) is 69.7 Å². The molecular formula is C7H9F3O5S. The Bertz CT molecular complexity index is 346. The Hall–Kier alpha value is -1.09. The molecule has 16 heavy (non-hydrogen) atoms. The third-order valence-electron chi connectivity index (χ3n) is 1.10. The van der Waals surface area contributed by atoms with E-state index in [2.05, 4.69) is 15.5 Å². The van der Waals surface area contributed by atoms with Crippen molar-refractivity contribution in [3.05, 3.63) is 12.7 Å². The molecule has 0 aromatic heterocycles. The zero-order valence-electron chi connectivity index (χ0n) is 7.99. The first-order valence-corrected chi connectivity index (χ1v) is 5.47. The summed E-state index contributed by atoms with van der Waals surface area (Å²) < 4.78 is 64.6. The highest BCUT2D eigenvalue weighted by Gasteiger charge is 2.35. The van der Waals surface area contributed by atoms with Gasteiger partial charge in [0.2, 0.25) is 0 Å². The lowest BCUT2D eigenvalue weighted by molar-refractivity contribution is -0.138. The van der Waals surface area contributed by atoms with E-state index >= 15 is 0 Å². The molecule has 0 radical (unpaired) electrons. The van der Waals surface area contributed by atoms with Gasteiger partial charge in [-0.3, -0.25) is 4.18 Å². The number of ether oxygens (including phenoxy) is 1. The van der Waals surface area contributed by atoms with Gasteiger partial charge in [0.1, 0.15) is 13.2 Å². The second kappa shape index (κ2) is 5.85. The summed E-state index contributed by atoms with van der Waals surface area (Å²) in [7, 11) is -4.69. The molecule has 0 aromatic rings. The number of alkyl halides is 3. The van der Waals surface area contributed by atoms with Gasteiger partial charge in [-0.2, -0.15) is 21.6 Å². The summed E-state index contributed by atoms with van der Waals surface area (Å²) in [6.07, 6.45) is -4.04. The van der Waals surface area contributed by atoms with Crippen LogP contribution in [0.2, 0.25) is 0 Å². The summed E-state index contributed by atoms with van der Waals surface area (Å²) in [6, 6.07) is 0. The molecule has 0 rings (SSSR count). The Morgan fingerprint density at radius 2 is 1.88 bits per heavy atom. The molecule has 0 fully saturated rings. The van der Waals surface area contributed by atoms with Gasteiger partial charge in [0.25, 0.3) is 10.1 Å². The molecule has 0 saturated heterocycles. The van der Waals surface area contributed by atoms with Crippen LogP contribution in [0.15, 0.2) is 12.7 Å². The number of hydrogen-bond donors (Lipinski definition) is 0. The van der Waals surface area contributed by atoms with Crippen molar-refractivity contribution in [1.82, 2.24) is 0 Å². The predicted octanol–water partition coefficient (Wildman–Crippen LogP) is 0.624. The van der Waals surface area contributed by atoms with Crippen LogP contribution in [-0.4, -0.2) is 39.5 Å². The number of esters is 1. The standard InChI is InChI=1S/C7H9F3O5S/c1-2-6(11)14-3-4-15-16(12,13)5-7(8,9)10/h2H,1,3-5H2. The number of halogens is 3. The summed E-state index contributed by atoms with van der Waals surface area (Å²) in [5, 5.41) is 0. The van der Waals surface area contributed by atoms with Crippen molar-refractivity contribution in [2.45, 2.75) is 6.18 Å². The van der Waals surface area contributed by atoms with Gasteiger partial charge >= 0.3 is 12.1 Å². The van der Waals surface area contributed by atoms with E-state index < -0.39 is 41.2 Å². The van der Waals surface area contributed by atoms with Crippen molar-refractivity contribution in [3.63, 3.8) is 0 Å². The van der Waals surface area contributed by atoms with Crippen molar-refractivity contribution in [3.8, 4) is 0 Å². The molecule has 9 heteroatoms. The monoisotopic (exact) mass is 262 g/mol. The van der Waals surface area contributed by atoms with Gasteiger partial charge in [-0.05, 0) is 0 Å². The fourth-order valence-electron chi connectivity index (χ4n) is 0.604. The second-order valence-electron chi connectivity index (χ2n) is 2.51. The Kier molecular flexibility index (Phi) is 5.45. The van der Waals surface area contributed by atoms with Gasteiger partial charge in [0.15, 0.2) is 5.75 Å². The van der Waals surface area contributed by atoms with Crippen LogP contribution in [0, 0.1) is 0 Å². The van der Waals surface area contributed by atoms with Crippen LogP contribution in [0.1, 0.15) is 0 Å². The predicted molar refractivity (Wildman–Crippen MR) is 46.9 cm³/mol. The highest BCUT2D eigenvalue weighted by molar-refractivity contribution is 7.86. The van der Waals surface area contributed by atoms with Gasteiger partial charge in [0, 0.05) is 6.08 Å². The second-order valence-corrected chi connectivity index (χ2v) is 4.15. The Morgan fingerprint density at radius 3 is 2.31 bits per heavy atom. The number of carbonyl (C=O) groups is 1. The molecule has 0 atom stereocenters. The quantitative estimate of drug-likeness (QED) is 0.304. The van der Waals surface area contributed by atoms with Gasteiger partial charge in [-0.15, -0.1) is 0 Å². The van der Waals surface area contributed by atoms with Crippen LogP contribution in [0.5, 0.6) is 0 Å². The van der Waals surface area contributed by atoms with Gasteiger partial charge in [-0.1, -0.05) is 6.58 Å². The van der Waals surface area contributed by atoms with Crippen LogP contribution >= 0.6 is 0 Å². The first-order chi connectivity index (χ1) is 7.16. The van der Waals surface area contributed by atoms with Gasteiger partial charge in [-0.25, -0.2) is 4.79 Å². The molecule has 0 amide bonds. The fourth-order valence-corrected chi connectivity index (χ4v) is 1.41. The molecule has 0 aliphatic heterocycles. The van der Waals surface area contributed by atoms with Crippen LogP contribution < -0.4 is 0 Å². The third-order valence-corrected chi connectivity index (χ3v) is 2.30. The number of rotatable bonds is 6. The van der Waals surface area contributed by atoms with E-state index in [4.69, 9.17) is 0 Å². The average molecular weight is 262 g/mol. The summed E-state index contributed by atoms with van der Waals surface area (Å²) in [4.78, 5) is 10.4. The highest BCUT2D eigenvalue weighted by Crippen LogP contribution is 2.17. The van der Waals surface area contributed by atoms with E-state index in [-0.39, 0.29) is 0 Å². The minimum atomic E-state index is -4.86. The maximum Gasteiger partial charge on any atom is 0.405 e. The van der Waals surface area contributed by atoms with Crippen LogP contribution in [0.25, 0.3) is 0 Å². The van der Waals surface area contributed by atoms with E-state index in [0.717, 1.165) is 6.08 Å². The third kappa shape index (κ3) is 8.24. The molecule has 0 unspecified atom stereocenters. The Morgan fingerprint density at radius 1 is 1.31 bits per heavy atom. The summed E-state index contributed by atoms with van der Waals surface area (Å²) >= 11 is 0. The van der Waals surface area contributed by atoms with Crippen LogP contribution in [0.4, 0.5) is 13.2 Å². The summed E-state index contributed by atoms with van der Waals surface area (Å²) in [5.41, 5.74) is 0. The molecule has 0 aromatic carbocycles. The van der Waals surface area contributed by atoms with Crippen molar-refractivity contribution in [1.29, 1.82) is 0 Å². The molecule has 94 valence electrons. The zero-order valence-corrected chi connectivity index (χ0v) is 8.81. The summed E-state index contributed by atoms with van der Waals surface area (Å²) in [5.74, 6) is -2.90. The van der Waals surface area contributed by atoms with Gasteiger partial charge < -0.3 is 4.74 Å². The normalized spacial score (nSPS) is 12.2. The minimum Gasteiger partial charge on any atom is -0.460 e. The molecular weight excluding hydrogens is 253 g/mol. The van der Waals surface area contributed by atoms with Crippen molar-refractivity contribution in [2.75, 3.05) is 19.0 Å². The zero-order chi connectivity index (χ0) is 12.8. The SMILES string of the molecule is C=CC(=O)OCCOS(=O)(=O)CC(F)(F)F. The molecule has 0 saturated carbocycles. The number of carbonyl (C=O) groups excluding carboxylic acids is 1. The molecule has 0 N–H and O–H groups in total. The molecule has 5 nitrogen and oxygen atoms in total. The molecule has 0 bridgehead atoms. The minimum absolute atomic E-state index is 0.470. The summed E-state index contributed by atoms with van der Waals surface area (Å²) in [6.45, 7) is 1.92. The van der Waals surface area contributed by atoms with E-state index in [1.54, 1.807) is 0 Å². The van der Waals surface area contributed by atoms with Gasteiger partial charge in [0.05, 0.1) is 0 Å². The van der Waals surface area contributed by atoms with Crippen molar-refractivity contribution in [2.24, 2.45) is 0 Å². The first-order valence-electron chi connectivity index (χ1n) is 3.89. The molecule has 0 aliphatic carbocycles. The highest BCUT2D eigenvalue weighted by atomic mass is 32.2. The fraction of sp³-hybridized carbons (Fsp3) is 0.571. The Labute approximate surface area is 90.0 Å². The molecule has 0 aliphatic rings. The van der Waals surface area contributed by atoms with E-state index in [1.807, 2.05) is 0 Å². The average Bonchev–Trinajstić information content (AvgIpc) is 2.08. The maximum absolute atomic E-state index is 11.7. The van der Waals surface area contributed by atoms with Crippen LogP contribution in [0.3, 0.4) is 0 Å². The molecule has 0 spiro atoms. The van der Waals surface area contributed by atoms with E-state index in [0.29, 0.717) is 0 Å². The molecule has 0 heterocycles. The lowest BCUT2D eigenvalue weighted by Crippen LogP contribution is -2.25. The number of hydrogen-bond acceptors (Lipinski definition) is 5. The van der Waals surface area contributed by atoms with Crippen molar-refractivity contribution < 1.29 is 35.3 Å². The van der Waals surface area contributed by atoms with Crippen LogP contribution in [-0.2, 0) is 23.8 Å². The maximum atomic E-state index is 11.7.